The Balaban J connectivity index is 2.71. The van der Waals surface area contributed by atoms with Gasteiger partial charge in [0.15, 0.2) is 0 Å². The van der Waals surface area contributed by atoms with Crippen LogP contribution < -0.4 is 5.32 Å². The highest BCUT2D eigenvalue weighted by atomic mass is 79.9. The van der Waals surface area contributed by atoms with Crippen molar-refractivity contribution in [2.75, 3.05) is 18.4 Å². The normalized spacial score (nSPS) is 10.1. The molecule has 1 rings (SSSR count). The third kappa shape index (κ3) is 4.86. The van der Waals surface area contributed by atoms with Crippen LogP contribution in [0.4, 0.5) is 14.9 Å². The average molecular weight is 333 g/mol. The molecule has 0 saturated heterocycles. The predicted molar refractivity (Wildman–Crippen MR) is 72.6 cm³/mol. The zero-order valence-electron chi connectivity index (χ0n) is 10.3. The monoisotopic (exact) mass is 332 g/mol. The highest BCUT2D eigenvalue weighted by molar-refractivity contribution is 9.10. The first-order valence-corrected chi connectivity index (χ1v) is 6.46. The predicted octanol–water partition coefficient (Wildman–Crippen LogP) is 2.92. The highest BCUT2D eigenvalue weighted by Crippen LogP contribution is 2.23. The van der Waals surface area contributed by atoms with Crippen LogP contribution in [0.25, 0.3) is 0 Å². The van der Waals surface area contributed by atoms with E-state index in [9.17, 15) is 14.0 Å². The summed E-state index contributed by atoms with van der Waals surface area (Å²) in [6.07, 6.45) is -0.133. The number of anilines is 1. The van der Waals surface area contributed by atoms with Crippen LogP contribution in [0.1, 0.15) is 13.3 Å². The summed E-state index contributed by atoms with van der Waals surface area (Å²) in [6.45, 7) is 2.21. The first kappa shape index (κ1) is 15.4. The van der Waals surface area contributed by atoms with E-state index in [1.807, 2.05) is 0 Å². The molecule has 2 N–H and O–H groups in total. The zero-order valence-corrected chi connectivity index (χ0v) is 11.9. The molecule has 0 bridgehead atoms. The minimum Gasteiger partial charge on any atom is -0.481 e. The van der Waals surface area contributed by atoms with Crippen LogP contribution in [0, 0.1) is 5.82 Å². The Kier molecular flexibility index (Phi) is 5.75. The standard InChI is InChI=1S/C12H14BrFN2O3/c1-2-16(6-5-11(17)18)12(19)15-10-7-8(14)3-4-9(10)13/h3-4,7H,2,5-6H2,1H3,(H,15,19)(H,17,18). The number of benzene rings is 1. The van der Waals surface area contributed by atoms with Gasteiger partial charge >= 0.3 is 12.0 Å². The third-order valence-corrected chi connectivity index (χ3v) is 3.13. The van der Waals surface area contributed by atoms with Crippen LogP contribution in [0.3, 0.4) is 0 Å². The summed E-state index contributed by atoms with van der Waals surface area (Å²) < 4.78 is 13.6. The number of aliphatic carboxylic acids is 1. The van der Waals surface area contributed by atoms with Gasteiger partial charge in [0.05, 0.1) is 12.1 Å². The van der Waals surface area contributed by atoms with Gasteiger partial charge in [0, 0.05) is 17.6 Å². The van der Waals surface area contributed by atoms with Gasteiger partial charge in [-0.3, -0.25) is 4.79 Å². The lowest BCUT2D eigenvalue weighted by Crippen LogP contribution is -2.36. The van der Waals surface area contributed by atoms with E-state index in [4.69, 9.17) is 5.11 Å². The quantitative estimate of drug-likeness (QED) is 0.870. The largest absolute Gasteiger partial charge is 0.481 e. The molecule has 0 heterocycles. The highest BCUT2D eigenvalue weighted by Gasteiger charge is 2.14. The Morgan fingerprint density at radius 1 is 1.47 bits per heavy atom. The summed E-state index contributed by atoms with van der Waals surface area (Å²) in [4.78, 5) is 23.7. The van der Waals surface area contributed by atoms with Crippen molar-refractivity contribution in [3.05, 3.63) is 28.5 Å². The van der Waals surface area contributed by atoms with E-state index in [0.29, 0.717) is 16.7 Å². The maximum atomic E-state index is 13.1. The van der Waals surface area contributed by atoms with Crippen LogP contribution in [-0.4, -0.2) is 35.1 Å². The van der Waals surface area contributed by atoms with Crippen LogP contribution in [0.5, 0.6) is 0 Å². The summed E-state index contributed by atoms with van der Waals surface area (Å²) in [7, 11) is 0. The topological polar surface area (TPSA) is 69.6 Å². The smallest absolute Gasteiger partial charge is 0.321 e. The number of hydrogen-bond acceptors (Lipinski definition) is 2. The lowest BCUT2D eigenvalue weighted by molar-refractivity contribution is -0.137. The first-order valence-electron chi connectivity index (χ1n) is 5.66. The summed E-state index contributed by atoms with van der Waals surface area (Å²) in [5.74, 6) is -1.44. The number of halogens is 2. The SMILES string of the molecule is CCN(CCC(=O)O)C(=O)Nc1cc(F)ccc1Br. The molecule has 0 atom stereocenters. The van der Waals surface area contributed by atoms with E-state index >= 15 is 0 Å². The second kappa shape index (κ2) is 7.08. The average Bonchev–Trinajstić information content (AvgIpc) is 2.34. The lowest BCUT2D eigenvalue weighted by Gasteiger charge is -2.20. The van der Waals surface area contributed by atoms with Gasteiger partial charge in [0.1, 0.15) is 5.82 Å². The molecule has 0 aliphatic heterocycles. The molecular formula is C12H14BrFN2O3. The molecule has 0 aliphatic rings. The Morgan fingerprint density at radius 3 is 2.74 bits per heavy atom. The van der Waals surface area contributed by atoms with Crippen LogP contribution in [-0.2, 0) is 4.79 Å². The molecule has 5 nitrogen and oxygen atoms in total. The molecule has 0 unspecified atom stereocenters. The first-order chi connectivity index (χ1) is 8.93. The zero-order chi connectivity index (χ0) is 14.4. The molecule has 0 spiro atoms. The van der Waals surface area contributed by atoms with Gasteiger partial charge in [0.2, 0.25) is 0 Å². The minimum absolute atomic E-state index is 0.102. The second-order valence-corrected chi connectivity index (χ2v) is 4.63. The number of carbonyl (C=O) groups is 2. The number of carboxylic acid groups (broad SMARTS) is 1. The van der Waals surface area contributed by atoms with Gasteiger partial charge in [-0.2, -0.15) is 0 Å². The number of amides is 2. The number of hydrogen-bond donors (Lipinski definition) is 2. The third-order valence-electron chi connectivity index (χ3n) is 2.43. The van der Waals surface area contributed by atoms with Crippen LogP contribution >= 0.6 is 15.9 Å². The Labute approximate surface area is 118 Å². The van der Waals surface area contributed by atoms with Crippen molar-refractivity contribution in [2.45, 2.75) is 13.3 Å². The molecule has 7 heteroatoms. The van der Waals surface area contributed by atoms with Crippen molar-refractivity contribution in [1.82, 2.24) is 4.90 Å². The summed E-state index contributed by atoms with van der Waals surface area (Å²) >= 11 is 3.20. The van der Waals surface area contributed by atoms with Gasteiger partial charge in [-0.05, 0) is 41.1 Å². The molecule has 0 aliphatic carbocycles. The van der Waals surface area contributed by atoms with E-state index in [0.717, 1.165) is 0 Å². The van der Waals surface area contributed by atoms with Crippen LogP contribution in [0.15, 0.2) is 22.7 Å². The molecule has 0 radical (unpaired) electrons. The summed E-state index contributed by atoms with van der Waals surface area (Å²) in [5, 5.41) is 11.1. The van der Waals surface area contributed by atoms with Crippen molar-refractivity contribution < 1.29 is 19.1 Å². The van der Waals surface area contributed by atoms with E-state index in [1.54, 1.807) is 6.92 Å². The van der Waals surface area contributed by atoms with Crippen molar-refractivity contribution in [3.8, 4) is 0 Å². The van der Waals surface area contributed by atoms with Gasteiger partial charge in [-0.25, -0.2) is 9.18 Å². The molecule has 104 valence electrons. The van der Waals surface area contributed by atoms with Gasteiger partial charge in [-0.1, -0.05) is 0 Å². The second-order valence-electron chi connectivity index (χ2n) is 3.78. The number of nitrogens with zero attached hydrogens (tertiary/aromatic N) is 1. The molecule has 1 aromatic carbocycles. The molecule has 0 aromatic heterocycles. The number of nitrogens with one attached hydrogen (secondary N) is 1. The minimum atomic E-state index is -0.974. The van der Waals surface area contributed by atoms with Gasteiger partial charge in [-0.15, -0.1) is 0 Å². The summed E-state index contributed by atoms with van der Waals surface area (Å²) in [6, 6.07) is 3.47. The number of carbonyl (C=O) groups excluding carboxylic acids is 1. The number of rotatable bonds is 5. The maximum absolute atomic E-state index is 13.1. The van der Waals surface area contributed by atoms with Gasteiger partial charge in [0.25, 0.3) is 0 Å². The van der Waals surface area contributed by atoms with Crippen molar-refractivity contribution >= 4 is 33.6 Å². The van der Waals surface area contributed by atoms with Crippen molar-refractivity contribution in [1.29, 1.82) is 0 Å². The number of carboxylic acids is 1. The van der Waals surface area contributed by atoms with E-state index in [2.05, 4.69) is 21.2 Å². The molecule has 2 amide bonds. The van der Waals surface area contributed by atoms with Gasteiger partial charge < -0.3 is 15.3 Å². The fraction of sp³-hybridized carbons (Fsp3) is 0.333. The maximum Gasteiger partial charge on any atom is 0.321 e. The Hall–Kier alpha value is -1.63. The van der Waals surface area contributed by atoms with Crippen molar-refractivity contribution in [3.63, 3.8) is 0 Å². The van der Waals surface area contributed by atoms with Crippen LogP contribution in [0.2, 0.25) is 0 Å². The van der Waals surface area contributed by atoms with E-state index < -0.39 is 17.8 Å². The Bertz CT molecular complexity index is 482. The summed E-state index contributed by atoms with van der Waals surface area (Å²) in [5.41, 5.74) is 0.304. The molecule has 0 fully saturated rings. The molecule has 19 heavy (non-hydrogen) atoms. The molecular weight excluding hydrogens is 319 g/mol. The van der Waals surface area contributed by atoms with E-state index in [-0.39, 0.29) is 13.0 Å². The molecule has 0 saturated carbocycles. The fourth-order valence-electron chi connectivity index (χ4n) is 1.42. The molecule has 1 aromatic rings. The number of urea groups is 1. The Morgan fingerprint density at radius 2 is 2.16 bits per heavy atom. The van der Waals surface area contributed by atoms with E-state index in [1.165, 1.54) is 23.1 Å². The van der Waals surface area contributed by atoms with Crippen molar-refractivity contribution in [2.24, 2.45) is 0 Å². The lowest BCUT2D eigenvalue weighted by atomic mass is 10.3. The fourth-order valence-corrected chi connectivity index (χ4v) is 1.77.